The minimum absolute atomic E-state index is 0.00775. The first-order valence-corrected chi connectivity index (χ1v) is 12.5. The van der Waals surface area contributed by atoms with Gasteiger partial charge in [0.1, 0.15) is 6.61 Å². The number of carbonyl (C=O) groups is 3. The monoisotopic (exact) mass is 476 g/mol. The number of rotatable bonds is 8. The zero-order valence-corrected chi connectivity index (χ0v) is 20.0. The smallest absolute Gasteiger partial charge is 0.407 e. The maximum atomic E-state index is 12.6. The topological polar surface area (TPSA) is 95.9 Å². The van der Waals surface area contributed by atoms with E-state index in [-0.39, 0.29) is 29.9 Å². The molecule has 2 N–H and O–H groups in total. The summed E-state index contributed by atoms with van der Waals surface area (Å²) in [5.41, 5.74) is 4.55. The van der Waals surface area contributed by atoms with Crippen LogP contribution in [0.1, 0.15) is 56.1 Å². The van der Waals surface area contributed by atoms with E-state index in [1.807, 2.05) is 31.2 Å². The number of carboxylic acids is 1. The van der Waals surface area contributed by atoms with E-state index in [0.29, 0.717) is 32.4 Å². The molecule has 1 saturated carbocycles. The minimum atomic E-state index is -0.793. The predicted octanol–water partition coefficient (Wildman–Crippen LogP) is 4.41. The lowest BCUT2D eigenvalue weighted by molar-refractivity contribution is -0.143. The highest BCUT2D eigenvalue weighted by molar-refractivity contribution is 5.80. The molecule has 2 unspecified atom stereocenters. The van der Waals surface area contributed by atoms with Gasteiger partial charge in [0.15, 0.2) is 0 Å². The Morgan fingerprint density at radius 1 is 1.09 bits per heavy atom. The summed E-state index contributed by atoms with van der Waals surface area (Å²) in [6.45, 7) is 3.06. The zero-order chi connectivity index (χ0) is 24.6. The van der Waals surface area contributed by atoms with Gasteiger partial charge in [-0.15, -0.1) is 0 Å². The summed E-state index contributed by atoms with van der Waals surface area (Å²) in [6, 6.07) is 16.3. The third-order valence-corrected chi connectivity index (χ3v) is 7.93. The molecule has 2 aromatic rings. The number of hydrogen-bond donors (Lipinski definition) is 2. The molecule has 1 aliphatic heterocycles. The molecule has 5 rings (SSSR count). The van der Waals surface area contributed by atoms with E-state index < -0.39 is 18.0 Å². The predicted molar refractivity (Wildman–Crippen MR) is 131 cm³/mol. The number of carbonyl (C=O) groups excluding carboxylic acids is 2. The molecule has 0 radical (unpaired) electrons. The lowest BCUT2D eigenvalue weighted by atomic mass is 9.93. The summed E-state index contributed by atoms with van der Waals surface area (Å²) in [4.78, 5) is 38.3. The Morgan fingerprint density at radius 3 is 2.29 bits per heavy atom. The number of likely N-dealkylation sites (tertiary alicyclic amines) is 1. The molecule has 0 aromatic heterocycles. The average molecular weight is 477 g/mol. The maximum Gasteiger partial charge on any atom is 0.407 e. The molecule has 2 aromatic carbocycles. The molecule has 3 aliphatic rings. The molecule has 0 bridgehead atoms. The first kappa shape index (κ1) is 23.4. The van der Waals surface area contributed by atoms with Crippen molar-refractivity contribution in [2.45, 2.75) is 51.0 Å². The molecule has 7 nitrogen and oxygen atoms in total. The van der Waals surface area contributed by atoms with Crippen LogP contribution >= 0.6 is 0 Å². The molecule has 7 heteroatoms. The van der Waals surface area contributed by atoms with Crippen molar-refractivity contribution in [1.82, 2.24) is 10.2 Å². The van der Waals surface area contributed by atoms with Gasteiger partial charge in [-0.1, -0.05) is 48.5 Å². The quantitative estimate of drug-likeness (QED) is 0.589. The highest BCUT2D eigenvalue weighted by Crippen LogP contribution is 2.56. The number of benzene rings is 2. The summed E-state index contributed by atoms with van der Waals surface area (Å²) in [7, 11) is 0. The third-order valence-electron chi connectivity index (χ3n) is 7.93. The van der Waals surface area contributed by atoms with Crippen LogP contribution in [0.2, 0.25) is 0 Å². The molecule has 2 amide bonds. The third kappa shape index (κ3) is 4.64. The molecular weight excluding hydrogens is 444 g/mol. The van der Waals surface area contributed by atoms with Gasteiger partial charge < -0.3 is 20.1 Å². The molecule has 184 valence electrons. The van der Waals surface area contributed by atoms with Gasteiger partial charge >= 0.3 is 12.1 Å². The highest BCUT2D eigenvalue weighted by atomic mass is 16.5. The zero-order valence-electron chi connectivity index (χ0n) is 20.0. The first-order chi connectivity index (χ1) is 16.9. The summed E-state index contributed by atoms with van der Waals surface area (Å²) in [5, 5.41) is 12.3. The van der Waals surface area contributed by atoms with Gasteiger partial charge in [0, 0.05) is 36.9 Å². The maximum absolute atomic E-state index is 12.6. The number of fused-ring (bicyclic) bond motifs is 3. The van der Waals surface area contributed by atoms with Crippen molar-refractivity contribution in [3.05, 3.63) is 59.7 Å². The lowest BCUT2D eigenvalue weighted by Crippen LogP contribution is -2.34. The van der Waals surface area contributed by atoms with Gasteiger partial charge in [0.25, 0.3) is 0 Å². The Bertz CT molecular complexity index is 1100. The number of ether oxygens (including phenoxy) is 1. The first-order valence-electron chi connectivity index (χ1n) is 12.5. The summed E-state index contributed by atoms with van der Waals surface area (Å²) in [6.07, 6.45) is 2.98. The van der Waals surface area contributed by atoms with E-state index >= 15 is 0 Å². The Kier molecular flexibility index (Phi) is 6.26. The fraction of sp³-hybridized carbons (Fsp3) is 0.464. The van der Waals surface area contributed by atoms with Crippen LogP contribution < -0.4 is 5.32 Å². The lowest BCUT2D eigenvalue weighted by Gasteiger charge is -2.18. The molecule has 2 fully saturated rings. The largest absolute Gasteiger partial charge is 0.481 e. The Morgan fingerprint density at radius 2 is 1.71 bits per heavy atom. The van der Waals surface area contributed by atoms with E-state index in [2.05, 4.69) is 29.6 Å². The van der Waals surface area contributed by atoms with Crippen LogP contribution in [-0.2, 0) is 14.3 Å². The van der Waals surface area contributed by atoms with Crippen molar-refractivity contribution in [3.63, 3.8) is 0 Å². The van der Waals surface area contributed by atoms with Crippen LogP contribution in [0.3, 0.4) is 0 Å². The van der Waals surface area contributed by atoms with Crippen molar-refractivity contribution in [3.8, 4) is 11.1 Å². The fourth-order valence-electron chi connectivity index (χ4n) is 5.80. The Hall–Kier alpha value is -3.35. The number of nitrogens with one attached hydrogen (secondary N) is 1. The van der Waals surface area contributed by atoms with Crippen molar-refractivity contribution in [1.29, 1.82) is 0 Å². The van der Waals surface area contributed by atoms with Gasteiger partial charge in [0.05, 0.1) is 5.92 Å². The van der Waals surface area contributed by atoms with Crippen molar-refractivity contribution in [2.75, 3.05) is 19.7 Å². The number of hydrogen-bond acceptors (Lipinski definition) is 4. The van der Waals surface area contributed by atoms with Gasteiger partial charge in [-0.05, 0) is 54.9 Å². The van der Waals surface area contributed by atoms with Gasteiger partial charge in [0.2, 0.25) is 5.91 Å². The van der Waals surface area contributed by atoms with Gasteiger partial charge in [-0.3, -0.25) is 9.59 Å². The minimum Gasteiger partial charge on any atom is -0.481 e. The normalized spacial score (nSPS) is 20.3. The SMILES string of the molecule is CC(CCCC(=O)N1CC(C(=O)O)C2(CC2)C1)NC(=O)OCC1c2ccccc2-c2ccccc21. The second kappa shape index (κ2) is 9.36. The number of carboxylic acid groups (broad SMARTS) is 1. The van der Waals surface area contributed by atoms with Crippen LogP contribution in [-0.4, -0.2) is 53.7 Å². The van der Waals surface area contributed by atoms with Crippen LogP contribution in [0.25, 0.3) is 11.1 Å². The van der Waals surface area contributed by atoms with Crippen LogP contribution in [0, 0.1) is 11.3 Å². The van der Waals surface area contributed by atoms with E-state index in [4.69, 9.17) is 4.74 Å². The van der Waals surface area contributed by atoms with Gasteiger partial charge in [-0.25, -0.2) is 4.79 Å². The van der Waals surface area contributed by atoms with Crippen molar-refractivity contribution >= 4 is 18.0 Å². The van der Waals surface area contributed by atoms with Gasteiger partial charge in [-0.2, -0.15) is 0 Å². The molecule has 1 spiro atoms. The van der Waals surface area contributed by atoms with Crippen LogP contribution in [0.5, 0.6) is 0 Å². The molecule has 1 saturated heterocycles. The number of alkyl carbamates (subject to hydrolysis) is 1. The molecule has 35 heavy (non-hydrogen) atoms. The van der Waals surface area contributed by atoms with E-state index in [1.54, 1.807) is 4.90 Å². The van der Waals surface area contributed by atoms with Crippen LogP contribution in [0.15, 0.2) is 48.5 Å². The highest BCUT2D eigenvalue weighted by Gasteiger charge is 2.58. The second-order valence-electron chi connectivity index (χ2n) is 10.3. The molecule has 1 heterocycles. The number of aliphatic carboxylic acids is 1. The Balaban J connectivity index is 1.06. The molecular formula is C28H32N2O5. The summed E-state index contributed by atoms with van der Waals surface area (Å²) < 4.78 is 5.60. The van der Waals surface area contributed by atoms with E-state index in [1.165, 1.54) is 22.3 Å². The number of nitrogens with zero attached hydrogens (tertiary/aromatic N) is 1. The van der Waals surface area contributed by atoms with Crippen LogP contribution in [0.4, 0.5) is 4.79 Å². The molecule has 2 atom stereocenters. The van der Waals surface area contributed by atoms with E-state index in [9.17, 15) is 19.5 Å². The fourth-order valence-corrected chi connectivity index (χ4v) is 5.80. The second-order valence-corrected chi connectivity index (χ2v) is 10.3. The standard InChI is InChI=1S/C28H32N2O5/c1-18(7-6-12-25(31)30-15-24(26(32)33)28(17-30)13-14-28)29-27(34)35-16-23-21-10-4-2-8-19(21)20-9-3-5-11-22(20)23/h2-5,8-11,18,23-24H,6-7,12-17H2,1H3,(H,29,34)(H,32,33). The van der Waals surface area contributed by atoms with Crippen molar-refractivity contribution in [2.24, 2.45) is 11.3 Å². The van der Waals surface area contributed by atoms with Crippen molar-refractivity contribution < 1.29 is 24.2 Å². The average Bonchev–Trinajstić information content (AvgIpc) is 3.39. The Labute approximate surface area is 205 Å². The summed E-state index contributed by atoms with van der Waals surface area (Å²) in [5.74, 6) is -1.20. The number of amides is 2. The summed E-state index contributed by atoms with van der Waals surface area (Å²) >= 11 is 0. The van der Waals surface area contributed by atoms with E-state index in [0.717, 1.165) is 12.8 Å². The molecule has 2 aliphatic carbocycles.